The van der Waals surface area contributed by atoms with E-state index in [-0.39, 0.29) is 33.9 Å². The average Bonchev–Trinajstić information content (AvgIpc) is 2.69. The van der Waals surface area contributed by atoms with Gasteiger partial charge >= 0.3 is 0 Å². The lowest BCUT2D eigenvalue weighted by Gasteiger charge is -2.34. The van der Waals surface area contributed by atoms with E-state index in [1.165, 1.54) is 15.9 Å². The molecule has 0 bridgehead atoms. The molecule has 1 aliphatic heterocycles. The largest absolute Gasteiger partial charge is 0.336 e. The van der Waals surface area contributed by atoms with Crippen LogP contribution in [0.4, 0.5) is 0 Å². The number of piperazine rings is 1. The van der Waals surface area contributed by atoms with Crippen LogP contribution in [0.1, 0.15) is 35.7 Å². The monoisotopic (exact) mass is 440 g/mol. The molecule has 3 rings (SSSR count). The van der Waals surface area contributed by atoms with Gasteiger partial charge in [0.05, 0.1) is 10.0 Å². The molecule has 1 amide bonds. The van der Waals surface area contributed by atoms with E-state index < -0.39 is 10.0 Å². The van der Waals surface area contributed by atoms with E-state index in [2.05, 4.69) is 13.8 Å². The molecule has 150 valence electrons. The third kappa shape index (κ3) is 4.20. The normalized spacial score (nSPS) is 15.8. The van der Waals surface area contributed by atoms with E-state index in [0.29, 0.717) is 24.6 Å². The van der Waals surface area contributed by atoms with Gasteiger partial charge in [0.25, 0.3) is 5.91 Å². The number of sulfonamides is 1. The molecule has 0 spiro atoms. The summed E-state index contributed by atoms with van der Waals surface area (Å²) in [6, 6.07) is 12.1. The lowest BCUT2D eigenvalue weighted by atomic mass is 10.0. The second-order valence-electron chi connectivity index (χ2n) is 7.02. The SMILES string of the molecule is CC(C)c1ccc(C(=O)N2CCN(S(=O)(=O)c3cccc(Cl)c3Cl)CC2)cc1. The molecule has 28 heavy (non-hydrogen) atoms. The Balaban J connectivity index is 1.70. The van der Waals surface area contributed by atoms with Crippen molar-refractivity contribution in [1.82, 2.24) is 9.21 Å². The minimum Gasteiger partial charge on any atom is -0.336 e. The van der Waals surface area contributed by atoms with Gasteiger partial charge in [-0.05, 0) is 35.7 Å². The molecule has 2 aromatic carbocycles. The lowest BCUT2D eigenvalue weighted by Crippen LogP contribution is -2.50. The Bertz CT molecular complexity index is 967. The fourth-order valence-electron chi connectivity index (χ4n) is 3.15. The van der Waals surface area contributed by atoms with E-state index >= 15 is 0 Å². The van der Waals surface area contributed by atoms with Crippen LogP contribution in [0.5, 0.6) is 0 Å². The van der Waals surface area contributed by atoms with Gasteiger partial charge < -0.3 is 4.90 Å². The molecule has 0 N–H and O–H groups in total. The number of halogens is 2. The van der Waals surface area contributed by atoms with Crippen molar-refractivity contribution < 1.29 is 13.2 Å². The molecule has 0 aliphatic carbocycles. The number of carbonyl (C=O) groups is 1. The summed E-state index contributed by atoms with van der Waals surface area (Å²) in [6.07, 6.45) is 0. The first kappa shape index (κ1) is 21.1. The minimum absolute atomic E-state index is 0.00859. The first-order valence-electron chi connectivity index (χ1n) is 9.05. The van der Waals surface area contributed by atoms with Gasteiger partial charge in [-0.2, -0.15) is 4.31 Å². The highest BCUT2D eigenvalue weighted by atomic mass is 35.5. The number of hydrogen-bond donors (Lipinski definition) is 0. The van der Waals surface area contributed by atoms with Crippen molar-refractivity contribution in [2.45, 2.75) is 24.7 Å². The van der Waals surface area contributed by atoms with Crippen LogP contribution < -0.4 is 0 Å². The lowest BCUT2D eigenvalue weighted by molar-refractivity contribution is 0.0698. The Morgan fingerprint density at radius 1 is 0.964 bits per heavy atom. The summed E-state index contributed by atoms with van der Waals surface area (Å²) < 4.78 is 27.1. The maximum atomic E-state index is 12.9. The Morgan fingerprint density at radius 2 is 1.57 bits per heavy atom. The van der Waals surface area contributed by atoms with Gasteiger partial charge in [0.1, 0.15) is 4.90 Å². The van der Waals surface area contributed by atoms with Gasteiger partial charge in [0.2, 0.25) is 10.0 Å². The molecule has 0 aromatic heterocycles. The number of benzene rings is 2. The molecule has 5 nitrogen and oxygen atoms in total. The third-order valence-corrected chi connectivity index (χ3v) is 7.76. The molecule has 2 aromatic rings. The summed E-state index contributed by atoms with van der Waals surface area (Å²) >= 11 is 12.0. The summed E-state index contributed by atoms with van der Waals surface area (Å²) in [6.45, 7) is 5.26. The smallest absolute Gasteiger partial charge is 0.253 e. The molecular weight excluding hydrogens is 419 g/mol. The summed E-state index contributed by atoms with van der Waals surface area (Å²) in [5.41, 5.74) is 1.78. The highest BCUT2D eigenvalue weighted by Crippen LogP contribution is 2.31. The van der Waals surface area contributed by atoms with Crippen molar-refractivity contribution in [3.63, 3.8) is 0 Å². The summed E-state index contributed by atoms with van der Waals surface area (Å²) in [7, 11) is -3.77. The van der Waals surface area contributed by atoms with Crippen LogP contribution in [0.3, 0.4) is 0 Å². The van der Waals surface area contributed by atoms with Crippen LogP contribution in [-0.4, -0.2) is 49.7 Å². The van der Waals surface area contributed by atoms with Gasteiger partial charge in [0.15, 0.2) is 0 Å². The number of carbonyl (C=O) groups excluding carboxylic acids is 1. The van der Waals surface area contributed by atoms with Gasteiger partial charge in [-0.25, -0.2) is 8.42 Å². The highest BCUT2D eigenvalue weighted by Gasteiger charge is 2.32. The second-order valence-corrected chi connectivity index (χ2v) is 9.72. The number of hydrogen-bond acceptors (Lipinski definition) is 3. The molecule has 8 heteroatoms. The second kappa shape index (κ2) is 8.41. The van der Waals surface area contributed by atoms with Gasteiger partial charge in [0, 0.05) is 31.7 Å². The Morgan fingerprint density at radius 3 is 2.14 bits per heavy atom. The van der Waals surface area contributed by atoms with Crippen molar-refractivity contribution in [2.75, 3.05) is 26.2 Å². The van der Waals surface area contributed by atoms with Crippen molar-refractivity contribution >= 4 is 39.1 Å². The van der Waals surface area contributed by atoms with Crippen molar-refractivity contribution in [2.24, 2.45) is 0 Å². The average molecular weight is 441 g/mol. The Hall–Kier alpha value is -1.60. The molecule has 1 fully saturated rings. The maximum absolute atomic E-state index is 12.9. The number of rotatable bonds is 4. The summed E-state index contributed by atoms with van der Waals surface area (Å²) in [5, 5.41) is 0.217. The van der Waals surface area contributed by atoms with E-state index in [9.17, 15) is 13.2 Å². The van der Waals surface area contributed by atoms with E-state index in [1.54, 1.807) is 17.0 Å². The predicted octanol–water partition coefficient (Wildman–Crippen LogP) is 4.26. The molecule has 1 aliphatic rings. The van der Waals surface area contributed by atoms with E-state index in [4.69, 9.17) is 23.2 Å². The molecule has 0 saturated carbocycles. The zero-order chi connectivity index (χ0) is 20.5. The zero-order valence-electron chi connectivity index (χ0n) is 15.7. The standard InChI is InChI=1S/C20H22Cl2N2O3S/c1-14(2)15-6-8-16(9-7-15)20(25)23-10-12-24(13-11-23)28(26,27)18-5-3-4-17(21)19(18)22/h3-9,14H,10-13H2,1-2H3. The van der Waals surface area contributed by atoms with Gasteiger partial charge in [-0.3, -0.25) is 4.79 Å². The fraction of sp³-hybridized carbons (Fsp3) is 0.350. The zero-order valence-corrected chi connectivity index (χ0v) is 18.1. The first-order valence-corrected chi connectivity index (χ1v) is 11.2. The number of nitrogens with zero attached hydrogens (tertiary/aromatic N) is 2. The summed E-state index contributed by atoms with van der Waals surface area (Å²) in [5.74, 6) is 0.310. The topological polar surface area (TPSA) is 57.7 Å². The van der Waals surface area contributed by atoms with Gasteiger partial charge in [-0.1, -0.05) is 55.2 Å². The predicted molar refractivity (Wildman–Crippen MR) is 112 cm³/mol. The Kier molecular flexibility index (Phi) is 6.34. The van der Waals surface area contributed by atoms with Crippen LogP contribution in [0.2, 0.25) is 10.0 Å². The van der Waals surface area contributed by atoms with E-state index in [1.807, 2.05) is 24.3 Å². The fourth-order valence-corrected chi connectivity index (χ4v) is 5.31. The molecule has 1 saturated heterocycles. The molecule has 0 radical (unpaired) electrons. The minimum atomic E-state index is -3.77. The van der Waals surface area contributed by atoms with Crippen LogP contribution >= 0.6 is 23.2 Å². The van der Waals surface area contributed by atoms with Crippen LogP contribution in [0.25, 0.3) is 0 Å². The number of amides is 1. The molecule has 0 atom stereocenters. The molecular formula is C20H22Cl2N2O3S. The van der Waals surface area contributed by atoms with E-state index in [0.717, 1.165) is 0 Å². The van der Waals surface area contributed by atoms with Crippen molar-refractivity contribution in [3.05, 3.63) is 63.6 Å². The molecule has 0 unspecified atom stereocenters. The van der Waals surface area contributed by atoms with Crippen molar-refractivity contribution in [1.29, 1.82) is 0 Å². The Labute approximate surface area is 175 Å². The highest BCUT2D eigenvalue weighted by molar-refractivity contribution is 7.89. The van der Waals surface area contributed by atoms with Crippen molar-refractivity contribution in [3.8, 4) is 0 Å². The summed E-state index contributed by atoms with van der Waals surface area (Å²) in [4.78, 5) is 14.4. The maximum Gasteiger partial charge on any atom is 0.253 e. The van der Waals surface area contributed by atoms with Crippen LogP contribution in [-0.2, 0) is 10.0 Å². The van der Waals surface area contributed by atoms with Crippen LogP contribution in [0, 0.1) is 0 Å². The third-order valence-electron chi connectivity index (χ3n) is 4.88. The quantitative estimate of drug-likeness (QED) is 0.713. The van der Waals surface area contributed by atoms with Gasteiger partial charge in [-0.15, -0.1) is 0 Å². The van der Waals surface area contributed by atoms with Crippen LogP contribution in [0.15, 0.2) is 47.4 Å². The molecule has 1 heterocycles. The first-order chi connectivity index (χ1) is 13.2.